The lowest BCUT2D eigenvalue weighted by Gasteiger charge is -2.12. The van der Waals surface area contributed by atoms with Crippen molar-refractivity contribution in [1.29, 1.82) is 0 Å². The van der Waals surface area contributed by atoms with Gasteiger partial charge in [0.2, 0.25) is 0 Å². The van der Waals surface area contributed by atoms with E-state index in [-0.39, 0.29) is 27.5 Å². The molecule has 0 aliphatic rings. The number of nitrogens with two attached hydrogens (primary N) is 1. The van der Waals surface area contributed by atoms with Gasteiger partial charge in [0.1, 0.15) is 12.1 Å². The molecule has 0 radical (unpaired) electrons. The highest BCUT2D eigenvalue weighted by molar-refractivity contribution is 6.32. The molecule has 3 heterocycles. The average molecular weight is 425 g/mol. The van der Waals surface area contributed by atoms with Gasteiger partial charge in [-0.05, 0) is 30.7 Å². The first kappa shape index (κ1) is 19.4. The number of rotatable bonds is 4. The van der Waals surface area contributed by atoms with Crippen LogP contribution in [0.2, 0.25) is 5.02 Å². The van der Waals surface area contributed by atoms with Crippen LogP contribution < -0.4 is 11.1 Å². The topological polar surface area (TPSA) is 124 Å². The minimum Gasteiger partial charge on any atom is -0.396 e. The van der Waals surface area contributed by atoms with E-state index in [9.17, 15) is 9.18 Å². The molecule has 0 aliphatic heterocycles. The number of hydrogen-bond acceptors (Lipinski definition) is 7. The van der Waals surface area contributed by atoms with Gasteiger partial charge >= 0.3 is 0 Å². The molecule has 0 spiro atoms. The number of pyridine rings is 1. The highest BCUT2D eigenvalue weighted by atomic mass is 35.5. The molecule has 150 valence electrons. The predicted molar refractivity (Wildman–Crippen MR) is 109 cm³/mol. The molecular weight excluding hydrogens is 411 g/mol. The van der Waals surface area contributed by atoms with Gasteiger partial charge in [-0.2, -0.15) is 10.2 Å². The number of hydrogen-bond donors (Lipinski definition) is 2. The maximum absolute atomic E-state index is 14.7. The standard InChI is InChI=1S/C19H14ClFN8O/c1-10-4-13(17-16(22)8-23-9-25-17)15(21)6-12(10)19(30)28-11-5-14(20)18(24-7-11)29-26-2-3-27-29/h2-9H,22H2,1H3,(H,28,30). The normalized spacial score (nSPS) is 10.8. The first-order valence-corrected chi connectivity index (χ1v) is 9.01. The maximum atomic E-state index is 14.7. The fraction of sp³-hybridized carbons (Fsp3) is 0.0526. The summed E-state index contributed by atoms with van der Waals surface area (Å²) in [4.78, 5) is 25.9. The molecule has 0 saturated heterocycles. The highest BCUT2D eigenvalue weighted by Gasteiger charge is 2.18. The third kappa shape index (κ3) is 3.67. The van der Waals surface area contributed by atoms with Crippen molar-refractivity contribution in [2.45, 2.75) is 6.92 Å². The van der Waals surface area contributed by atoms with E-state index in [4.69, 9.17) is 17.3 Å². The Morgan fingerprint density at radius 1 is 1.17 bits per heavy atom. The van der Waals surface area contributed by atoms with Crippen molar-refractivity contribution in [3.05, 3.63) is 71.3 Å². The number of nitrogens with one attached hydrogen (secondary N) is 1. The van der Waals surface area contributed by atoms with E-state index >= 15 is 0 Å². The maximum Gasteiger partial charge on any atom is 0.256 e. The average Bonchev–Trinajstić information content (AvgIpc) is 3.24. The molecule has 0 aliphatic carbocycles. The summed E-state index contributed by atoms with van der Waals surface area (Å²) in [6.07, 6.45) is 7.05. The number of aromatic nitrogens is 6. The van der Waals surface area contributed by atoms with Gasteiger partial charge in [0, 0.05) is 11.1 Å². The molecule has 3 N–H and O–H groups in total. The van der Waals surface area contributed by atoms with Crippen LogP contribution in [0.25, 0.3) is 17.1 Å². The third-order valence-electron chi connectivity index (χ3n) is 4.24. The number of halogens is 2. The molecule has 9 nitrogen and oxygen atoms in total. The van der Waals surface area contributed by atoms with E-state index in [0.29, 0.717) is 17.1 Å². The first-order chi connectivity index (χ1) is 14.4. The predicted octanol–water partition coefficient (Wildman–Crippen LogP) is 3.05. The third-order valence-corrected chi connectivity index (χ3v) is 4.52. The highest BCUT2D eigenvalue weighted by Crippen LogP contribution is 2.28. The lowest BCUT2D eigenvalue weighted by atomic mass is 10.0. The van der Waals surface area contributed by atoms with Gasteiger partial charge in [-0.15, -0.1) is 4.80 Å². The molecule has 3 aromatic heterocycles. The Labute approximate surface area is 174 Å². The van der Waals surface area contributed by atoms with Gasteiger partial charge in [0.25, 0.3) is 5.91 Å². The van der Waals surface area contributed by atoms with Crippen LogP contribution in [-0.2, 0) is 0 Å². The van der Waals surface area contributed by atoms with Crippen LogP contribution in [0, 0.1) is 12.7 Å². The summed E-state index contributed by atoms with van der Waals surface area (Å²) in [5.41, 5.74) is 7.54. The van der Waals surface area contributed by atoms with Crippen molar-refractivity contribution < 1.29 is 9.18 Å². The molecule has 4 aromatic rings. The molecule has 1 amide bonds. The van der Waals surface area contributed by atoms with Crippen molar-refractivity contribution in [2.24, 2.45) is 0 Å². The first-order valence-electron chi connectivity index (χ1n) is 8.63. The van der Waals surface area contributed by atoms with Gasteiger partial charge in [-0.25, -0.2) is 19.3 Å². The Balaban J connectivity index is 1.60. The number of anilines is 2. The van der Waals surface area contributed by atoms with Crippen molar-refractivity contribution >= 4 is 28.9 Å². The number of carbonyl (C=O) groups is 1. The van der Waals surface area contributed by atoms with Gasteiger partial charge in [-0.3, -0.25) is 4.79 Å². The van der Waals surface area contributed by atoms with Crippen LogP contribution in [0.15, 0.2) is 49.3 Å². The van der Waals surface area contributed by atoms with Gasteiger partial charge in [0.05, 0.1) is 46.9 Å². The number of nitrogen functional groups attached to an aromatic ring is 1. The fourth-order valence-electron chi connectivity index (χ4n) is 2.84. The van der Waals surface area contributed by atoms with E-state index in [0.717, 1.165) is 6.07 Å². The van der Waals surface area contributed by atoms with Gasteiger partial charge in [-0.1, -0.05) is 11.6 Å². The number of aryl methyl sites for hydroxylation is 1. The monoisotopic (exact) mass is 424 g/mol. The zero-order valence-electron chi connectivity index (χ0n) is 15.5. The lowest BCUT2D eigenvalue weighted by Crippen LogP contribution is -2.15. The smallest absolute Gasteiger partial charge is 0.256 e. The Morgan fingerprint density at radius 3 is 2.63 bits per heavy atom. The summed E-state index contributed by atoms with van der Waals surface area (Å²) in [6.45, 7) is 1.69. The van der Waals surface area contributed by atoms with E-state index < -0.39 is 11.7 Å². The van der Waals surface area contributed by atoms with Crippen LogP contribution in [0.1, 0.15) is 15.9 Å². The van der Waals surface area contributed by atoms with E-state index in [1.807, 2.05) is 0 Å². The minimum atomic E-state index is -0.632. The quantitative estimate of drug-likeness (QED) is 0.515. The van der Waals surface area contributed by atoms with Crippen molar-refractivity contribution in [2.75, 3.05) is 11.1 Å². The second-order valence-corrected chi connectivity index (χ2v) is 6.68. The van der Waals surface area contributed by atoms with Crippen LogP contribution in [0.5, 0.6) is 0 Å². The van der Waals surface area contributed by atoms with Crippen LogP contribution >= 0.6 is 11.6 Å². The number of nitrogens with zero attached hydrogens (tertiary/aromatic N) is 6. The lowest BCUT2D eigenvalue weighted by molar-refractivity contribution is 0.102. The van der Waals surface area contributed by atoms with Gasteiger partial charge < -0.3 is 11.1 Å². The van der Waals surface area contributed by atoms with Crippen molar-refractivity contribution in [3.63, 3.8) is 0 Å². The minimum absolute atomic E-state index is 0.151. The molecule has 0 bridgehead atoms. The number of amides is 1. The molecule has 4 rings (SSSR count). The van der Waals surface area contributed by atoms with Crippen molar-refractivity contribution in [3.8, 4) is 17.1 Å². The number of benzene rings is 1. The Bertz CT molecular complexity index is 1250. The summed E-state index contributed by atoms with van der Waals surface area (Å²) in [7, 11) is 0. The molecule has 11 heteroatoms. The summed E-state index contributed by atoms with van der Waals surface area (Å²) in [5.74, 6) is -0.836. The van der Waals surface area contributed by atoms with Crippen molar-refractivity contribution in [1.82, 2.24) is 29.9 Å². The largest absolute Gasteiger partial charge is 0.396 e. The van der Waals surface area contributed by atoms with Crippen LogP contribution in [0.4, 0.5) is 15.8 Å². The zero-order valence-corrected chi connectivity index (χ0v) is 16.3. The molecule has 30 heavy (non-hydrogen) atoms. The molecule has 0 unspecified atom stereocenters. The molecule has 0 fully saturated rings. The second-order valence-electron chi connectivity index (χ2n) is 6.28. The van der Waals surface area contributed by atoms with Crippen LogP contribution in [0.3, 0.4) is 0 Å². The van der Waals surface area contributed by atoms with E-state index in [1.165, 1.54) is 48.0 Å². The van der Waals surface area contributed by atoms with E-state index in [1.54, 1.807) is 6.92 Å². The second kappa shape index (κ2) is 7.84. The van der Waals surface area contributed by atoms with Gasteiger partial charge in [0.15, 0.2) is 5.82 Å². The Morgan fingerprint density at radius 2 is 1.93 bits per heavy atom. The molecule has 0 atom stereocenters. The molecule has 1 aromatic carbocycles. The Hall–Kier alpha value is -3.92. The molecular formula is C19H14ClFN8O. The number of carbonyl (C=O) groups excluding carboxylic acids is 1. The Kier molecular flexibility index (Phi) is 5.07. The fourth-order valence-corrected chi connectivity index (χ4v) is 3.08. The molecule has 0 saturated carbocycles. The SMILES string of the molecule is Cc1cc(-c2ncncc2N)c(F)cc1C(=O)Nc1cnc(-n2nccn2)c(Cl)c1. The summed E-state index contributed by atoms with van der Waals surface area (Å²) in [6, 6.07) is 4.16. The van der Waals surface area contributed by atoms with Crippen LogP contribution in [-0.4, -0.2) is 35.9 Å². The summed E-state index contributed by atoms with van der Waals surface area (Å²) in [5, 5.41) is 10.8. The summed E-state index contributed by atoms with van der Waals surface area (Å²) < 4.78 is 14.7. The van der Waals surface area contributed by atoms with E-state index in [2.05, 4.69) is 30.5 Å². The zero-order chi connectivity index (χ0) is 21.3. The summed E-state index contributed by atoms with van der Waals surface area (Å²) >= 11 is 6.21.